The van der Waals surface area contributed by atoms with Gasteiger partial charge in [0, 0.05) is 0 Å². The first kappa shape index (κ1) is 8.93. The molecule has 4 nitrogen and oxygen atoms in total. The number of rotatable bonds is 3. The molecule has 1 rings (SSSR count). The zero-order valence-corrected chi connectivity index (χ0v) is 6.62. The second-order valence-electron chi connectivity index (χ2n) is 2.90. The molecule has 0 radical (unpaired) electrons. The lowest BCUT2D eigenvalue weighted by Gasteiger charge is -2.25. The maximum absolute atomic E-state index is 9.10. The van der Waals surface area contributed by atoms with E-state index in [4.69, 9.17) is 14.9 Å². The van der Waals surface area contributed by atoms with Crippen molar-refractivity contribution in [3.63, 3.8) is 0 Å². The first-order valence-corrected chi connectivity index (χ1v) is 4.03. The van der Waals surface area contributed by atoms with Crippen LogP contribution in [0.25, 0.3) is 0 Å². The molecule has 1 fully saturated rings. The Hall–Kier alpha value is -0.160. The van der Waals surface area contributed by atoms with Crippen molar-refractivity contribution in [2.45, 2.75) is 6.10 Å². The SMILES string of the molecule is OC[C@H](O)C[NH+]1CCOCC1. The van der Waals surface area contributed by atoms with Crippen LogP contribution in [0.3, 0.4) is 0 Å². The summed E-state index contributed by atoms with van der Waals surface area (Å²) >= 11 is 0. The van der Waals surface area contributed by atoms with E-state index in [-0.39, 0.29) is 6.61 Å². The summed E-state index contributed by atoms with van der Waals surface area (Å²) in [6.07, 6.45) is -0.567. The van der Waals surface area contributed by atoms with E-state index in [0.717, 1.165) is 26.3 Å². The number of quaternary nitrogens is 1. The highest BCUT2D eigenvalue weighted by molar-refractivity contribution is 4.49. The van der Waals surface area contributed by atoms with Crippen molar-refractivity contribution >= 4 is 0 Å². The van der Waals surface area contributed by atoms with E-state index in [0.29, 0.717) is 6.54 Å². The van der Waals surface area contributed by atoms with Crippen molar-refractivity contribution < 1.29 is 19.8 Å². The average Bonchev–Trinajstić information content (AvgIpc) is 2.06. The van der Waals surface area contributed by atoms with E-state index in [1.165, 1.54) is 4.90 Å². The van der Waals surface area contributed by atoms with Gasteiger partial charge < -0.3 is 19.8 Å². The Labute approximate surface area is 66.4 Å². The lowest BCUT2D eigenvalue weighted by molar-refractivity contribution is -0.911. The summed E-state index contributed by atoms with van der Waals surface area (Å²) < 4.78 is 5.15. The summed E-state index contributed by atoms with van der Waals surface area (Å²) in [4.78, 5) is 1.32. The van der Waals surface area contributed by atoms with E-state index < -0.39 is 6.10 Å². The Bertz CT molecular complexity index is 104. The largest absolute Gasteiger partial charge is 0.393 e. The molecular weight excluding hydrogens is 146 g/mol. The minimum atomic E-state index is -0.567. The summed E-state index contributed by atoms with van der Waals surface area (Å²) in [5.41, 5.74) is 0. The standard InChI is InChI=1S/C7H15NO3/c9-6-7(10)5-8-1-3-11-4-2-8/h7,9-10H,1-6H2/p+1/t7-/m1/s1. The van der Waals surface area contributed by atoms with Gasteiger partial charge in [-0.3, -0.25) is 0 Å². The predicted octanol–water partition coefficient (Wildman–Crippen LogP) is -2.75. The van der Waals surface area contributed by atoms with Gasteiger partial charge in [-0.25, -0.2) is 0 Å². The number of ether oxygens (including phenoxy) is 1. The molecule has 1 aliphatic heterocycles. The highest BCUT2D eigenvalue weighted by atomic mass is 16.5. The molecule has 3 N–H and O–H groups in total. The number of aliphatic hydroxyl groups excluding tert-OH is 2. The number of aliphatic hydroxyl groups is 2. The summed E-state index contributed by atoms with van der Waals surface area (Å²) in [6.45, 7) is 3.93. The van der Waals surface area contributed by atoms with Gasteiger partial charge in [0.1, 0.15) is 25.7 Å². The first-order valence-electron chi connectivity index (χ1n) is 4.03. The Kier molecular flexibility index (Phi) is 3.79. The highest BCUT2D eigenvalue weighted by Crippen LogP contribution is 1.78. The molecule has 0 spiro atoms. The summed E-state index contributed by atoms with van der Waals surface area (Å²) in [7, 11) is 0. The van der Waals surface area contributed by atoms with Crippen LogP contribution in [-0.4, -0.2) is 55.8 Å². The zero-order chi connectivity index (χ0) is 8.10. The Morgan fingerprint density at radius 1 is 1.36 bits per heavy atom. The quantitative estimate of drug-likeness (QED) is 0.422. The summed E-state index contributed by atoms with van der Waals surface area (Å²) in [5.74, 6) is 0. The maximum atomic E-state index is 9.10. The minimum absolute atomic E-state index is 0.135. The third kappa shape index (κ3) is 3.16. The second-order valence-corrected chi connectivity index (χ2v) is 2.90. The van der Waals surface area contributed by atoms with Crippen LogP contribution in [0.1, 0.15) is 0 Å². The van der Waals surface area contributed by atoms with Gasteiger partial charge >= 0.3 is 0 Å². The molecule has 0 saturated carbocycles. The van der Waals surface area contributed by atoms with Crippen molar-refractivity contribution in [1.82, 2.24) is 0 Å². The number of hydrogen-bond acceptors (Lipinski definition) is 3. The molecule has 11 heavy (non-hydrogen) atoms. The van der Waals surface area contributed by atoms with Crippen LogP contribution < -0.4 is 4.90 Å². The van der Waals surface area contributed by atoms with Crippen LogP contribution in [0.2, 0.25) is 0 Å². The van der Waals surface area contributed by atoms with Gasteiger partial charge in [-0.1, -0.05) is 0 Å². The van der Waals surface area contributed by atoms with Gasteiger partial charge in [0.05, 0.1) is 19.8 Å². The molecule has 1 saturated heterocycles. The van der Waals surface area contributed by atoms with Crippen LogP contribution in [0, 0.1) is 0 Å². The van der Waals surface area contributed by atoms with Crippen molar-refractivity contribution in [3.05, 3.63) is 0 Å². The zero-order valence-electron chi connectivity index (χ0n) is 6.62. The molecule has 0 aromatic heterocycles. The van der Waals surface area contributed by atoms with E-state index in [1.807, 2.05) is 0 Å². The van der Waals surface area contributed by atoms with E-state index in [2.05, 4.69) is 0 Å². The van der Waals surface area contributed by atoms with E-state index >= 15 is 0 Å². The predicted molar refractivity (Wildman–Crippen MR) is 39.5 cm³/mol. The fraction of sp³-hybridized carbons (Fsp3) is 1.00. The molecule has 0 bridgehead atoms. The number of nitrogens with one attached hydrogen (secondary N) is 1. The molecule has 0 amide bonds. The Morgan fingerprint density at radius 2 is 2.00 bits per heavy atom. The van der Waals surface area contributed by atoms with Crippen LogP contribution >= 0.6 is 0 Å². The van der Waals surface area contributed by atoms with Crippen LogP contribution in [-0.2, 0) is 4.74 Å². The summed E-state index contributed by atoms with van der Waals surface area (Å²) in [6, 6.07) is 0. The topological polar surface area (TPSA) is 54.1 Å². The summed E-state index contributed by atoms with van der Waals surface area (Å²) in [5, 5.41) is 17.7. The molecule has 1 aliphatic rings. The van der Waals surface area contributed by atoms with Crippen LogP contribution in [0.15, 0.2) is 0 Å². The average molecular weight is 162 g/mol. The normalized spacial score (nSPS) is 23.5. The molecule has 4 heteroatoms. The third-order valence-corrected chi connectivity index (χ3v) is 1.93. The molecule has 0 aromatic carbocycles. The molecule has 0 aliphatic carbocycles. The van der Waals surface area contributed by atoms with Gasteiger partial charge in [-0.2, -0.15) is 0 Å². The van der Waals surface area contributed by atoms with Gasteiger partial charge in [0.2, 0.25) is 0 Å². The lowest BCUT2D eigenvalue weighted by atomic mass is 10.3. The van der Waals surface area contributed by atoms with E-state index in [9.17, 15) is 0 Å². The van der Waals surface area contributed by atoms with Crippen LogP contribution in [0.5, 0.6) is 0 Å². The van der Waals surface area contributed by atoms with Crippen molar-refractivity contribution in [2.24, 2.45) is 0 Å². The molecule has 0 unspecified atom stereocenters. The lowest BCUT2D eigenvalue weighted by Crippen LogP contribution is -3.15. The third-order valence-electron chi connectivity index (χ3n) is 1.93. The van der Waals surface area contributed by atoms with Gasteiger partial charge in [0.25, 0.3) is 0 Å². The molecule has 1 heterocycles. The number of hydrogen-bond donors (Lipinski definition) is 3. The highest BCUT2D eigenvalue weighted by Gasteiger charge is 2.16. The van der Waals surface area contributed by atoms with Gasteiger partial charge in [-0.15, -0.1) is 0 Å². The minimum Gasteiger partial charge on any atom is -0.393 e. The van der Waals surface area contributed by atoms with Gasteiger partial charge in [0.15, 0.2) is 0 Å². The molecule has 1 atom stereocenters. The molecular formula is C7H16NO3+. The smallest absolute Gasteiger partial charge is 0.126 e. The van der Waals surface area contributed by atoms with Gasteiger partial charge in [-0.05, 0) is 0 Å². The van der Waals surface area contributed by atoms with Crippen molar-refractivity contribution in [1.29, 1.82) is 0 Å². The fourth-order valence-corrected chi connectivity index (χ4v) is 1.26. The van der Waals surface area contributed by atoms with Crippen molar-refractivity contribution in [3.8, 4) is 0 Å². The van der Waals surface area contributed by atoms with Crippen molar-refractivity contribution in [2.75, 3.05) is 39.5 Å². The van der Waals surface area contributed by atoms with E-state index in [1.54, 1.807) is 0 Å². The monoisotopic (exact) mass is 162 g/mol. The first-order chi connectivity index (χ1) is 5.33. The second kappa shape index (κ2) is 4.66. The Balaban J connectivity index is 2.13. The molecule has 66 valence electrons. The molecule has 0 aromatic rings. The van der Waals surface area contributed by atoms with Crippen LogP contribution in [0.4, 0.5) is 0 Å². The Morgan fingerprint density at radius 3 is 2.55 bits per heavy atom. The fourth-order valence-electron chi connectivity index (χ4n) is 1.26. The maximum Gasteiger partial charge on any atom is 0.126 e. The number of morpholine rings is 1.